The van der Waals surface area contributed by atoms with Crippen LogP contribution in [0.3, 0.4) is 0 Å². The van der Waals surface area contributed by atoms with Crippen LogP contribution in [0.15, 0.2) is 65.7 Å². The second-order valence-electron chi connectivity index (χ2n) is 6.02. The van der Waals surface area contributed by atoms with E-state index in [1.165, 1.54) is 11.8 Å². The van der Waals surface area contributed by atoms with Crippen LogP contribution < -0.4 is 10.1 Å². The molecule has 1 N–H and O–H groups in total. The van der Waals surface area contributed by atoms with E-state index in [0.717, 1.165) is 17.0 Å². The minimum Gasteiger partial charge on any atom is -0.497 e. The van der Waals surface area contributed by atoms with Gasteiger partial charge in [-0.3, -0.25) is 4.79 Å². The summed E-state index contributed by atoms with van der Waals surface area (Å²) in [6.07, 6.45) is 0.273. The van der Waals surface area contributed by atoms with Crippen molar-refractivity contribution in [1.29, 1.82) is 5.26 Å². The van der Waals surface area contributed by atoms with Crippen molar-refractivity contribution in [3.05, 3.63) is 71.2 Å². The average Bonchev–Trinajstić information content (AvgIpc) is 2.75. The van der Waals surface area contributed by atoms with Crippen molar-refractivity contribution >= 4 is 35.0 Å². The van der Waals surface area contributed by atoms with Crippen LogP contribution in [-0.2, 0) is 4.79 Å². The summed E-state index contributed by atoms with van der Waals surface area (Å²) < 4.78 is 5.18. The van der Waals surface area contributed by atoms with Crippen molar-refractivity contribution in [2.24, 2.45) is 0 Å². The number of carbonyl (C=O) groups excluding carboxylic acids is 1. The SMILES string of the molecule is COc1ccc(-c2ccc(C#N)c(SCCC(=O)Nc3ccccc3Cl)n2)cc1. The minimum absolute atomic E-state index is 0.143. The highest BCUT2D eigenvalue weighted by molar-refractivity contribution is 7.99. The number of anilines is 1. The molecule has 0 unspecified atom stereocenters. The summed E-state index contributed by atoms with van der Waals surface area (Å²) in [5.74, 6) is 1.11. The lowest BCUT2D eigenvalue weighted by molar-refractivity contribution is -0.115. The molecule has 0 aliphatic heterocycles. The zero-order valence-electron chi connectivity index (χ0n) is 15.7. The third-order valence-corrected chi connectivity index (χ3v) is 5.40. The molecule has 0 atom stereocenters. The molecule has 3 aromatic rings. The Morgan fingerprint density at radius 1 is 1.17 bits per heavy atom. The van der Waals surface area contributed by atoms with E-state index in [-0.39, 0.29) is 12.3 Å². The van der Waals surface area contributed by atoms with Crippen LogP contribution in [0.1, 0.15) is 12.0 Å². The summed E-state index contributed by atoms with van der Waals surface area (Å²) in [6.45, 7) is 0. The van der Waals surface area contributed by atoms with Gasteiger partial charge in [-0.15, -0.1) is 11.8 Å². The molecule has 0 saturated carbocycles. The second-order valence-corrected chi connectivity index (χ2v) is 7.51. The highest BCUT2D eigenvalue weighted by Crippen LogP contribution is 2.27. The molecule has 29 heavy (non-hydrogen) atoms. The number of hydrogen-bond acceptors (Lipinski definition) is 5. The topological polar surface area (TPSA) is 75.0 Å². The van der Waals surface area contributed by atoms with Crippen LogP contribution in [0.2, 0.25) is 5.02 Å². The van der Waals surface area contributed by atoms with Gasteiger partial charge in [0, 0.05) is 17.7 Å². The first-order valence-electron chi connectivity index (χ1n) is 8.83. The molecule has 1 aromatic heterocycles. The Labute approximate surface area is 178 Å². The molecular formula is C22H18ClN3O2S. The Morgan fingerprint density at radius 3 is 2.62 bits per heavy atom. The summed E-state index contributed by atoms with van der Waals surface area (Å²) in [5.41, 5.74) is 2.75. The molecule has 1 heterocycles. The van der Waals surface area contributed by atoms with Gasteiger partial charge in [0.25, 0.3) is 0 Å². The van der Waals surface area contributed by atoms with Crippen LogP contribution >= 0.6 is 23.4 Å². The van der Waals surface area contributed by atoms with Crippen LogP contribution in [-0.4, -0.2) is 23.8 Å². The number of aromatic nitrogens is 1. The number of carbonyl (C=O) groups is 1. The van der Waals surface area contributed by atoms with Crippen molar-refractivity contribution in [1.82, 2.24) is 4.98 Å². The first kappa shape index (κ1) is 20.7. The van der Waals surface area contributed by atoms with E-state index in [4.69, 9.17) is 16.3 Å². The number of para-hydroxylation sites is 1. The fourth-order valence-corrected chi connectivity index (χ4v) is 3.67. The van der Waals surface area contributed by atoms with Crippen LogP contribution in [0.5, 0.6) is 5.75 Å². The van der Waals surface area contributed by atoms with Gasteiger partial charge in [-0.25, -0.2) is 4.98 Å². The molecular weight excluding hydrogens is 406 g/mol. The smallest absolute Gasteiger partial charge is 0.225 e. The number of hydrogen-bond donors (Lipinski definition) is 1. The largest absolute Gasteiger partial charge is 0.497 e. The Hall–Kier alpha value is -3.01. The Morgan fingerprint density at radius 2 is 1.93 bits per heavy atom. The van der Waals surface area contributed by atoms with E-state index < -0.39 is 0 Å². The number of halogens is 1. The average molecular weight is 424 g/mol. The Kier molecular flexibility index (Phi) is 7.12. The molecule has 0 bridgehead atoms. The van der Waals surface area contributed by atoms with Crippen LogP contribution in [0.25, 0.3) is 11.3 Å². The van der Waals surface area contributed by atoms with E-state index in [0.29, 0.717) is 27.1 Å². The highest BCUT2D eigenvalue weighted by Gasteiger charge is 2.10. The number of nitriles is 1. The van der Waals surface area contributed by atoms with E-state index in [1.54, 1.807) is 31.4 Å². The fourth-order valence-electron chi connectivity index (χ4n) is 2.57. The zero-order valence-corrected chi connectivity index (χ0v) is 17.3. The molecule has 1 amide bonds. The van der Waals surface area contributed by atoms with Gasteiger partial charge < -0.3 is 10.1 Å². The minimum atomic E-state index is -0.143. The first-order valence-corrected chi connectivity index (χ1v) is 10.2. The number of nitrogens with zero attached hydrogens (tertiary/aromatic N) is 2. The van der Waals surface area contributed by atoms with Gasteiger partial charge in [-0.05, 0) is 48.5 Å². The lowest BCUT2D eigenvalue weighted by Crippen LogP contribution is -2.12. The van der Waals surface area contributed by atoms with Crippen molar-refractivity contribution in [2.45, 2.75) is 11.4 Å². The summed E-state index contributed by atoms with van der Waals surface area (Å²) in [7, 11) is 1.62. The molecule has 0 aliphatic carbocycles. The van der Waals surface area contributed by atoms with Gasteiger partial charge in [0.05, 0.1) is 29.1 Å². The van der Waals surface area contributed by atoms with Crippen molar-refractivity contribution in [2.75, 3.05) is 18.2 Å². The van der Waals surface area contributed by atoms with Gasteiger partial charge in [0.2, 0.25) is 5.91 Å². The third-order valence-electron chi connectivity index (χ3n) is 4.08. The van der Waals surface area contributed by atoms with Gasteiger partial charge in [0.1, 0.15) is 16.8 Å². The summed E-state index contributed by atoms with van der Waals surface area (Å²) in [5, 5.41) is 13.3. The van der Waals surface area contributed by atoms with E-state index in [9.17, 15) is 10.1 Å². The van der Waals surface area contributed by atoms with Crippen molar-refractivity contribution < 1.29 is 9.53 Å². The van der Waals surface area contributed by atoms with Gasteiger partial charge >= 0.3 is 0 Å². The van der Waals surface area contributed by atoms with Gasteiger partial charge in [-0.2, -0.15) is 5.26 Å². The quantitative estimate of drug-likeness (QED) is 0.514. The molecule has 0 fully saturated rings. The van der Waals surface area contributed by atoms with Gasteiger partial charge in [-0.1, -0.05) is 23.7 Å². The van der Waals surface area contributed by atoms with Crippen molar-refractivity contribution in [3.8, 4) is 23.1 Å². The number of amides is 1. The maximum atomic E-state index is 12.2. The van der Waals surface area contributed by atoms with E-state index >= 15 is 0 Å². The van der Waals surface area contributed by atoms with Crippen LogP contribution in [0.4, 0.5) is 5.69 Å². The third kappa shape index (κ3) is 5.50. The summed E-state index contributed by atoms with van der Waals surface area (Å²) in [4.78, 5) is 16.8. The van der Waals surface area contributed by atoms with E-state index in [2.05, 4.69) is 16.4 Å². The molecule has 5 nitrogen and oxygen atoms in total. The predicted molar refractivity (Wildman–Crippen MR) is 116 cm³/mol. The second kappa shape index (κ2) is 9.97. The number of thioether (sulfide) groups is 1. The standard InChI is InChI=1S/C22H18ClN3O2S/c1-28-17-9-6-15(7-10-17)19-11-8-16(14-24)22(26-19)29-13-12-21(27)25-20-5-3-2-4-18(20)23/h2-11H,12-13H2,1H3,(H,25,27). The Bertz CT molecular complexity index is 1050. The molecule has 0 aliphatic rings. The maximum absolute atomic E-state index is 12.2. The predicted octanol–water partition coefficient (Wildman–Crippen LogP) is 5.40. The van der Waals surface area contributed by atoms with Crippen LogP contribution in [0, 0.1) is 11.3 Å². The molecule has 7 heteroatoms. The molecule has 0 saturated heterocycles. The fraction of sp³-hybridized carbons (Fsp3) is 0.136. The number of benzene rings is 2. The molecule has 146 valence electrons. The summed E-state index contributed by atoms with van der Waals surface area (Å²) in [6, 6.07) is 20.4. The number of rotatable bonds is 7. The number of ether oxygens (including phenoxy) is 1. The monoisotopic (exact) mass is 423 g/mol. The van der Waals surface area contributed by atoms with Gasteiger partial charge in [0.15, 0.2) is 0 Å². The lowest BCUT2D eigenvalue weighted by atomic mass is 10.1. The van der Waals surface area contributed by atoms with E-state index in [1.807, 2.05) is 36.4 Å². The maximum Gasteiger partial charge on any atom is 0.225 e. The Balaban J connectivity index is 1.65. The molecule has 0 spiro atoms. The van der Waals surface area contributed by atoms with Crippen molar-refractivity contribution in [3.63, 3.8) is 0 Å². The summed E-state index contributed by atoms with van der Waals surface area (Å²) >= 11 is 7.44. The first-order chi connectivity index (χ1) is 14.1. The number of pyridine rings is 1. The number of methoxy groups -OCH3 is 1. The number of nitrogens with one attached hydrogen (secondary N) is 1. The molecule has 0 radical (unpaired) electrons. The highest BCUT2D eigenvalue weighted by atomic mass is 35.5. The lowest BCUT2D eigenvalue weighted by Gasteiger charge is -2.09. The normalized spacial score (nSPS) is 10.2. The zero-order chi connectivity index (χ0) is 20.6. The molecule has 2 aromatic carbocycles. The molecule has 3 rings (SSSR count).